The van der Waals surface area contributed by atoms with Crippen molar-refractivity contribution in [2.75, 3.05) is 33.4 Å². The van der Waals surface area contributed by atoms with Gasteiger partial charge in [0, 0.05) is 13.2 Å². The monoisotopic (exact) mass is 202 g/mol. The van der Waals surface area contributed by atoms with Crippen LogP contribution in [0.5, 0.6) is 0 Å². The first-order valence-electron chi connectivity index (χ1n) is 5.19. The summed E-state index contributed by atoms with van der Waals surface area (Å²) in [5.74, 6) is 0.427. The van der Waals surface area contributed by atoms with E-state index in [0.717, 1.165) is 13.0 Å². The summed E-state index contributed by atoms with van der Waals surface area (Å²) in [6.07, 6.45) is 0.948. The molecule has 0 aromatic carbocycles. The van der Waals surface area contributed by atoms with Crippen molar-refractivity contribution >= 4 is 5.91 Å². The molecular formula is C10H22N2O2. The maximum Gasteiger partial charge on any atom is 0.246 e. The molecule has 0 radical (unpaired) electrons. The minimum atomic E-state index is -0.0265. The van der Waals surface area contributed by atoms with Gasteiger partial charge in [-0.1, -0.05) is 13.8 Å². The fourth-order valence-corrected chi connectivity index (χ4v) is 1.07. The van der Waals surface area contributed by atoms with Crippen molar-refractivity contribution < 1.29 is 9.53 Å². The molecule has 0 aromatic heterocycles. The lowest BCUT2D eigenvalue weighted by Gasteiger charge is -2.11. The average Bonchev–Trinajstić information content (AvgIpc) is 2.16. The molecular weight excluding hydrogens is 180 g/mol. The molecule has 0 aromatic rings. The van der Waals surface area contributed by atoms with Gasteiger partial charge in [0.05, 0.1) is 0 Å². The highest BCUT2D eigenvalue weighted by molar-refractivity contribution is 5.77. The summed E-state index contributed by atoms with van der Waals surface area (Å²) in [6, 6.07) is 0. The molecule has 4 heteroatoms. The van der Waals surface area contributed by atoms with Crippen LogP contribution in [0.15, 0.2) is 0 Å². The first-order chi connectivity index (χ1) is 6.70. The van der Waals surface area contributed by atoms with Gasteiger partial charge in [-0.2, -0.15) is 0 Å². The standard InChI is InChI=1S/C10H22N2O2/c1-4-5-14-8-10(13)12-7-9(2)6-11-3/h9,11H,4-8H2,1-3H3,(H,12,13). The van der Waals surface area contributed by atoms with Gasteiger partial charge in [0.1, 0.15) is 6.61 Å². The number of hydrogen-bond acceptors (Lipinski definition) is 3. The second-order valence-corrected chi connectivity index (χ2v) is 3.52. The number of carbonyl (C=O) groups is 1. The highest BCUT2D eigenvalue weighted by Crippen LogP contribution is 1.88. The average molecular weight is 202 g/mol. The number of hydrogen-bond donors (Lipinski definition) is 2. The first-order valence-corrected chi connectivity index (χ1v) is 5.19. The van der Waals surface area contributed by atoms with Gasteiger partial charge in [-0.15, -0.1) is 0 Å². The third kappa shape index (κ3) is 8.01. The Bertz CT molecular complexity index is 151. The summed E-state index contributed by atoms with van der Waals surface area (Å²) in [6.45, 7) is 6.56. The van der Waals surface area contributed by atoms with E-state index in [-0.39, 0.29) is 12.5 Å². The zero-order chi connectivity index (χ0) is 10.8. The van der Waals surface area contributed by atoms with Crippen molar-refractivity contribution in [3.05, 3.63) is 0 Å². The molecule has 1 atom stereocenters. The van der Waals surface area contributed by atoms with Crippen molar-refractivity contribution in [3.63, 3.8) is 0 Å². The van der Waals surface area contributed by atoms with Crippen LogP contribution in [0.25, 0.3) is 0 Å². The second kappa shape index (κ2) is 8.97. The third-order valence-electron chi connectivity index (χ3n) is 1.78. The van der Waals surface area contributed by atoms with Crippen LogP contribution in [0.2, 0.25) is 0 Å². The number of rotatable bonds is 8. The van der Waals surface area contributed by atoms with Crippen molar-refractivity contribution in [1.82, 2.24) is 10.6 Å². The predicted molar refractivity (Wildman–Crippen MR) is 57.2 cm³/mol. The largest absolute Gasteiger partial charge is 0.372 e. The summed E-state index contributed by atoms with van der Waals surface area (Å²) in [5.41, 5.74) is 0. The number of nitrogens with one attached hydrogen (secondary N) is 2. The zero-order valence-electron chi connectivity index (χ0n) is 9.43. The topological polar surface area (TPSA) is 50.4 Å². The molecule has 1 unspecified atom stereocenters. The summed E-state index contributed by atoms with van der Waals surface area (Å²) < 4.78 is 5.11. The SMILES string of the molecule is CCCOCC(=O)NCC(C)CNC. The van der Waals surface area contributed by atoms with Gasteiger partial charge >= 0.3 is 0 Å². The number of carbonyl (C=O) groups excluding carboxylic acids is 1. The van der Waals surface area contributed by atoms with Gasteiger partial charge < -0.3 is 15.4 Å². The minimum absolute atomic E-state index is 0.0265. The van der Waals surface area contributed by atoms with Crippen LogP contribution in [0.3, 0.4) is 0 Å². The quantitative estimate of drug-likeness (QED) is 0.560. The molecule has 0 bridgehead atoms. The summed E-state index contributed by atoms with van der Waals surface area (Å²) in [4.78, 5) is 11.2. The lowest BCUT2D eigenvalue weighted by molar-refractivity contribution is -0.125. The van der Waals surface area contributed by atoms with E-state index in [1.165, 1.54) is 0 Å². The van der Waals surface area contributed by atoms with Crippen LogP contribution in [0.1, 0.15) is 20.3 Å². The normalized spacial score (nSPS) is 12.5. The van der Waals surface area contributed by atoms with E-state index < -0.39 is 0 Å². The number of amides is 1. The number of ether oxygens (including phenoxy) is 1. The Morgan fingerprint density at radius 1 is 1.43 bits per heavy atom. The van der Waals surface area contributed by atoms with Gasteiger partial charge in [-0.3, -0.25) is 4.79 Å². The molecule has 0 saturated carbocycles. The van der Waals surface area contributed by atoms with Crippen LogP contribution in [-0.2, 0) is 9.53 Å². The minimum Gasteiger partial charge on any atom is -0.372 e. The molecule has 0 fully saturated rings. The van der Waals surface area contributed by atoms with E-state index >= 15 is 0 Å². The first kappa shape index (κ1) is 13.4. The fraction of sp³-hybridized carbons (Fsp3) is 0.900. The lowest BCUT2D eigenvalue weighted by atomic mass is 10.2. The van der Waals surface area contributed by atoms with Gasteiger partial charge in [0.15, 0.2) is 0 Å². The maximum absolute atomic E-state index is 11.2. The maximum atomic E-state index is 11.2. The van der Waals surface area contributed by atoms with Gasteiger partial charge in [-0.05, 0) is 25.9 Å². The third-order valence-corrected chi connectivity index (χ3v) is 1.78. The van der Waals surface area contributed by atoms with Crippen LogP contribution in [0, 0.1) is 5.92 Å². The fourth-order valence-electron chi connectivity index (χ4n) is 1.07. The van der Waals surface area contributed by atoms with E-state index in [1.54, 1.807) is 0 Å². The Morgan fingerprint density at radius 3 is 2.71 bits per heavy atom. The van der Waals surface area contributed by atoms with Crippen LogP contribution in [0.4, 0.5) is 0 Å². The molecule has 14 heavy (non-hydrogen) atoms. The van der Waals surface area contributed by atoms with Crippen molar-refractivity contribution in [3.8, 4) is 0 Å². The molecule has 0 aliphatic heterocycles. The molecule has 84 valence electrons. The molecule has 0 aliphatic carbocycles. The molecule has 1 amide bonds. The molecule has 4 nitrogen and oxygen atoms in total. The summed E-state index contributed by atoms with van der Waals surface area (Å²) >= 11 is 0. The van der Waals surface area contributed by atoms with Gasteiger partial charge in [0.2, 0.25) is 5.91 Å². The Kier molecular flexibility index (Phi) is 8.57. The van der Waals surface area contributed by atoms with E-state index in [4.69, 9.17) is 4.74 Å². The highest BCUT2D eigenvalue weighted by atomic mass is 16.5. The van der Waals surface area contributed by atoms with E-state index in [2.05, 4.69) is 17.6 Å². The molecule has 0 rings (SSSR count). The Hall–Kier alpha value is -0.610. The Morgan fingerprint density at radius 2 is 2.14 bits per heavy atom. The van der Waals surface area contributed by atoms with E-state index in [9.17, 15) is 4.79 Å². The Labute approximate surface area is 86.4 Å². The van der Waals surface area contributed by atoms with Crippen molar-refractivity contribution in [2.45, 2.75) is 20.3 Å². The lowest BCUT2D eigenvalue weighted by Crippen LogP contribution is -2.34. The zero-order valence-corrected chi connectivity index (χ0v) is 9.43. The Balaban J connectivity index is 3.34. The molecule has 0 aliphatic rings. The highest BCUT2D eigenvalue weighted by Gasteiger charge is 2.04. The van der Waals surface area contributed by atoms with Crippen molar-refractivity contribution in [1.29, 1.82) is 0 Å². The van der Waals surface area contributed by atoms with Crippen LogP contribution < -0.4 is 10.6 Å². The van der Waals surface area contributed by atoms with Crippen molar-refractivity contribution in [2.24, 2.45) is 5.92 Å². The molecule has 0 spiro atoms. The summed E-state index contributed by atoms with van der Waals surface area (Å²) in [7, 11) is 1.91. The van der Waals surface area contributed by atoms with Crippen LogP contribution in [-0.4, -0.2) is 39.3 Å². The van der Waals surface area contributed by atoms with E-state index in [0.29, 0.717) is 19.1 Å². The predicted octanol–water partition coefficient (Wildman–Crippen LogP) is 0.385. The van der Waals surface area contributed by atoms with Gasteiger partial charge in [-0.25, -0.2) is 0 Å². The molecule has 2 N–H and O–H groups in total. The van der Waals surface area contributed by atoms with Crippen LogP contribution >= 0.6 is 0 Å². The molecule has 0 saturated heterocycles. The van der Waals surface area contributed by atoms with E-state index in [1.807, 2.05) is 14.0 Å². The molecule has 0 heterocycles. The van der Waals surface area contributed by atoms with Gasteiger partial charge in [0.25, 0.3) is 0 Å². The second-order valence-electron chi connectivity index (χ2n) is 3.52. The summed E-state index contributed by atoms with van der Waals surface area (Å²) in [5, 5.41) is 5.88. The smallest absolute Gasteiger partial charge is 0.246 e.